The van der Waals surface area contributed by atoms with Crippen molar-refractivity contribution < 1.29 is 37.9 Å². The molecular formula is C40H54N8O8. The summed E-state index contributed by atoms with van der Waals surface area (Å²) < 4.78 is 43.9. The Hall–Kier alpha value is -4.82. The average Bonchev–Trinajstić information content (AvgIpc) is 3.21. The first-order valence-corrected chi connectivity index (χ1v) is 18.8. The number of methoxy groups -OCH3 is 2. The van der Waals surface area contributed by atoms with Crippen LogP contribution >= 0.6 is 0 Å². The molecule has 2 aliphatic rings. The normalized spacial score (nSPS) is 16.6. The Morgan fingerprint density at radius 3 is 1.14 bits per heavy atom. The van der Waals surface area contributed by atoms with E-state index < -0.39 is 0 Å². The van der Waals surface area contributed by atoms with Crippen LogP contribution in [0.15, 0.2) is 44.8 Å². The van der Waals surface area contributed by atoms with Gasteiger partial charge in [-0.15, -0.1) is 0 Å². The fraction of sp³-hybridized carbons (Fsp3) is 0.650. The Morgan fingerprint density at radius 1 is 0.482 bits per heavy atom. The van der Waals surface area contributed by atoms with Gasteiger partial charge in [0.2, 0.25) is 0 Å². The molecule has 0 amide bonds. The molecule has 0 saturated carbocycles. The lowest BCUT2D eigenvalue weighted by Crippen LogP contribution is -2.29. The maximum absolute atomic E-state index is 9.98. The fourth-order valence-electron chi connectivity index (χ4n) is 5.99. The zero-order valence-corrected chi connectivity index (χ0v) is 32.7. The van der Waals surface area contributed by atoms with Crippen LogP contribution in [0.4, 0.5) is 0 Å². The van der Waals surface area contributed by atoms with Gasteiger partial charge in [0.05, 0.1) is 103 Å². The highest BCUT2D eigenvalue weighted by molar-refractivity contribution is 5.58. The molecule has 0 radical (unpaired) electrons. The molecule has 0 bridgehead atoms. The van der Waals surface area contributed by atoms with Crippen LogP contribution in [0.1, 0.15) is 51.4 Å². The lowest BCUT2D eigenvalue weighted by molar-refractivity contribution is -0.0169. The molecule has 0 aromatic rings. The van der Waals surface area contributed by atoms with Gasteiger partial charge in [0.15, 0.2) is 0 Å². The van der Waals surface area contributed by atoms with Gasteiger partial charge >= 0.3 is 0 Å². The van der Waals surface area contributed by atoms with Crippen LogP contribution < -0.4 is 10.6 Å². The molecule has 2 atom stereocenters. The molecule has 2 unspecified atom stereocenters. The Labute approximate surface area is 331 Å². The van der Waals surface area contributed by atoms with Crippen LogP contribution in [0, 0.1) is 68.0 Å². The summed E-state index contributed by atoms with van der Waals surface area (Å²) in [7, 11) is 3.22. The molecule has 302 valence electrons. The maximum Gasteiger partial charge on any atom is 0.134 e. The van der Waals surface area contributed by atoms with Crippen LogP contribution in [0.5, 0.6) is 0 Å². The van der Waals surface area contributed by atoms with Gasteiger partial charge in [-0.1, -0.05) is 12.8 Å². The van der Waals surface area contributed by atoms with E-state index in [1.807, 2.05) is 24.3 Å². The minimum absolute atomic E-state index is 0.0969. The minimum Gasteiger partial charge on any atom is -0.387 e. The van der Waals surface area contributed by atoms with E-state index in [-0.39, 0.29) is 36.2 Å². The molecule has 16 nitrogen and oxygen atoms in total. The van der Waals surface area contributed by atoms with Gasteiger partial charge < -0.3 is 48.5 Å². The van der Waals surface area contributed by atoms with E-state index >= 15 is 0 Å². The SMILES string of the molecule is COCCOCCOCCOC1CC(NCCCCCCNC2=C(C#N)C(=C(C#N)C#N)CC(OCCOCCOCCOC)C2)=C(C#N)C(=C(C#N)C#N)C1. The summed E-state index contributed by atoms with van der Waals surface area (Å²) >= 11 is 0. The number of nitriles is 6. The Kier molecular flexibility index (Phi) is 25.7. The third-order valence-corrected chi connectivity index (χ3v) is 8.76. The first-order chi connectivity index (χ1) is 27.5. The van der Waals surface area contributed by atoms with Crippen molar-refractivity contribution in [2.45, 2.75) is 63.6 Å². The second-order valence-electron chi connectivity index (χ2n) is 12.6. The number of unbranched alkanes of at least 4 members (excludes halogenated alkanes) is 3. The number of ether oxygens (including phenoxy) is 8. The second kappa shape index (κ2) is 30.4. The molecule has 0 fully saturated rings. The van der Waals surface area contributed by atoms with Crippen LogP contribution in [0.2, 0.25) is 0 Å². The molecule has 0 spiro atoms. The van der Waals surface area contributed by atoms with Crippen molar-refractivity contribution in [2.75, 3.05) is 107 Å². The quantitative estimate of drug-likeness (QED) is 0.0813. The van der Waals surface area contributed by atoms with Crippen LogP contribution in [0.3, 0.4) is 0 Å². The zero-order valence-electron chi connectivity index (χ0n) is 32.7. The van der Waals surface area contributed by atoms with Gasteiger partial charge in [-0.05, 0) is 12.8 Å². The van der Waals surface area contributed by atoms with Crippen LogP contribution in [-0.2, 0) is 37.9 Å². The molecule has 16 heteroatoms. The standard InChI is InChI=1S/C40H54N8O8/c1-49-9-11-51-13-15-53-17-19-55-33-21-35(31(25-41)26-42)37(29-45)39(23-33)47-7-5-3-4-6-8-48-40-24-34(22-36(38(40)30-46)32(27-43)28-44)56-20-18-54-16-14-52-12-10-50-2/h33-34,47-48H,3-24H2,1-2H3. The second-order valence-corrected chi connectivity index (χ2v) is 12.6. The Bertz CT molecular complexity index is 1450. The molecule has 2 N–H and O–H groups in total. The summed E-state index contributed by atoms with van der Waals surface area (Å²) in [5.74, 6) is 0. The number of nitrogens with zero attached hydrogens (tertiary/aromatic N) is 6. The van der Waals surface area contributed by atoms with Gasteiger partial charge in [-0.25, -0.2) is 0 Å². The highest BCUT2D eigenvalue weighted by Crippen LogP contribution is 2.33. The number of hydrogen-bond donors (Lipinski definition) is 2. The highest BCUT2D eigenvalue weighted by atomic mass is 16.6. The van der Waals surface area contributed by atoms with Crippen molar-refractivity contribution in [3.8, 4) is 36.4 Å². The molecular weight excluding hydrogens is 720 g/mol. The van der Waals surface area contributed by atoms with Crippen molar-refractivity contribution in [2.24, 2.45) is 0 Å². The molecule has 0 heterocycles. The lowest BCUT2D eigenvalue weighted by Gasteiger charge is -2.28. The van der Waals surface area contributed by atoms with E-state index in [0.29, 0.717) is 139 Å². The molecule has 0 aromatic carbocycles. The van der Waals surface area contributed by atoms with Crippen molar-refractivity contribution in [3.63, 3.8) is 0 Å². The van der Waals surface area contributed by atoms with Gasteiger partial charge in [0, 0.05) is 75.5 Å². The number of rotatable bonds is 29. The summed E-state index contributed by atoms with van der Waals surface area (Å²) in [4.78, 5) is 0. The van der Waals surface area contributed by atoms with Crippen molar-refractivity contribution in [1.82, 2.24) is 10.6 Å². The number of nitrogens with one attached hydrogen (secondary N) is 2. The summed E-state index contributed by atoms with van der Waals surface area (Å²) in [6, 6.07) is 12.1. The van der Waals surface area contributed by atoms with Crippen LogP contribution in [0.25, 0.3) is 0 Å². The maximum atomic E-state index is 9.98. The smallest absolute Gasteiger partial charge is 0.134 e. The zero-order chi connectivity index (χ0) is 40.6. The molecule has 0 saturated heterocycles. The molecule has 0 aromatic heterocycles. The van der Waals surface area contributed by atoms with E-state index in [1.165, 1.54) is 0 Å². The highest BCUT2D eigenvalue weighted by Gasteiger charge is 2.29. The third kappa shape index (κ3) is 17.8. The first-order valence-electron chi connectivity index (χ1n) is 18.8. The van der Waals surface area contributed by atoms with Crippen molar-refractivity contribution in [1.29, 1.82) is 31.6 Å². The summed E-state index contributed by atoms with van der Waals surface area (Å²) in [6.07, 6.45) is 4.15. The Morgan fingerprint density at radius 2 is 0.821 bits per heavy atom. The van der Waals surface area contributed by atoms with E-state index in [9.17, 15) is 31.6 Å². The van der Waals surface area contributed by atoms with Crippen LogP contribution in [-0.4, -0.2) is 119 Å². The monoisotopic (exact) mass is 774 g/mol. The Balaban J connectivity index is 1.86. The van der Waals surface area contributed by atoms with Gasteiger partial charge in [0.1, 0.15) is 47.6 Å². The lowest BCUT2D eigenvalue weighted by atomic mass is 9.86. The molecule has 56 heavy (non-hydrogen) atoms. The van der Waals surface area contributed by atoms with Crippen molar-refractivity contribution in [3.05, 3.63) is 44.8 Å². The number of hydrogen-bond acceptors (Lipinski definition) is 16. The van der Waals surface area contributed by atoms with E-state index in [2.05, 4.69) is 22.8 Å². The summed E-state index contributed by atoms with van der Waals surface area (Å²) in [5.41, 5.74) is 2.51. The third-order valence-electron chi connectivity index (χ3n) is 8.76. The molecule has 2 rings (SSSR count). The largest absolute Gasteiger partial charge is 0.387 e. The number of allylic oxidation sites excluding steroid dienone is 4. The van der Waals surface area contributed by atoms with Crippen molar-refractivity contribution >= 4 is 0 Å². The summed E-state index contributed by atoms with van der Waals surface area (Å²) in [5, 5.41) is 65.0. The predicted molar refractivity (Wildman–Crippen MR) is 201 cm³/mol. The minimum atomic E-state index is -0.330. The summed E-state index contributed by atoms with van der Waals surface area (Å²) in [6.45, 7) is 6.24. The molecule has 0 aliphatic heterocycles. The topological polar surface area (TPSA) is 241 Å². The fourth-order valence-corrected chi connectivity index (χ4v) is 5.99. The first kappa shape index (κ1) is 47.3. The van der Waals surface area contributed by atoms with E-state index in [1.54, 1.807) is 14.2 Å². The van der Waals surface area contributed by atoms with Gasteiger partial charge in [-0.2, -0.15) is 31.6 Å². The predicted octanol–water partition coefficient (Wildman–Crippen LogP) is 3.69. The van der Waals surface area contributed by atoms with Gasteiger partial charge in [0.25, 0.3) is 0 Å². The van der Waals surface area contributed by atoms with Gasteiger partial charge in [-0.3, -0.25) is 0 Å². The van der Waals surface area contributed by atoms with E-state index in [4.69, 9.17) is 37.9 Å². The average molecular weight is 775 g/mol. The van der Waals surface area contributed by atoms with E-state index in [0.717, 1.165) is 25.7 Å². The molecule has 2 aliphatic carbocycles.